The van der Waals surface area contributed by atoms with Gasteiger partial charge in [0.05, 0.1) is 11.6 Å². The Bertz CT molecular complexity index is 1340. The molecule has 5 rings (SSSR count). The Morgan fingerprint density at radius 3 is 2.69 bits per heavy atom. The van der Waals surface area contributed by atoms with Crippen LogP contribution >= 0.6 is 0 Å². The Balaban J connectivity index is 1.31. The Labute approximate surface area is 205 Å². The molecule has 7 heteroatoms. The SMILES string of the molecule is Cn1cc(C2CCN(C(=O)[C@H]3CC=CCC3)CC2)c2cc(NC(=O)c3cc(C#N)ccn3)ccc21. The van der Waals surface area contributed by atoms with Crippen LogP contribution in [0.2, 0.25) is 0 Å². The van der Waals surface area contributed by atoms with Crippen molar-refractivity contribution in [2.45, 2.75) is 38.0 Å². The van der Waals surface area contributed by atoms with Gasteiger partial charge < -0.3 is 14.8 Å². The van der Waals surface area contributed by atoms with Crippen LogP contribution in [0.5, 0.6) is 0 Å². The summed E-state index contributed by atoms with van der Waals surface area (Å²) in [7, 11) is 2.04. The van der Waals surface area contributed by atoms with Crippen LogP contribution < -0.4 is 5.32 Å². The van der Waals surface area contributed by atoms with E-state index in [9.17, 15) is 9.59 Å². The quantitative estimate of drug-likeness (QED) is 0.560. The van der Waals surface area contributed by atoms with Crippen LogP contribution in [0.15, 0.2) is 54.9 Å². The number of pyridine rings is 1. The van der Waals surface area contributed by atoms with E-state index in [0.29, 0.717) is 23.1 Å². The molecule has 2 aromatic heterocycles. The number of fused-ring (bicyclic) bond motifs is 1. The number of benzene rings is 1. The summed E-state index contributed by atoms with van der Waals surface area (Å²) in [6, 6.07) is 11.0. The maximum Gasteiger partial charge on any atom is 0.274 e. The molecule has 1 aliphatic heterocycles. The van der Waals surface area contributed by atoms with E-state index in [1.165, 1.54) is 17.8 Å². The van der Waals surface area contributed by atoms with Gasteiger partial charge in [-0.05, 0) is 73.9 Å². The highest BCUT2D eigenvalue weighted by Gasteiger charge is 2.29. The normalized spacial score (nSPS) is 18.4. The van der Waals surface area contributed by atoms with Crippen LogP contribution in [0.3, 0.4) is 0 Å². The van der Waals surface area contributed by atoms with Gasteiger partial charge in [0, 0.05) is 55.0 Å². The molecular weight excluding hydrogens is 438 g/mol. The highest BCUT2D eigenvalue weighted by atomic mass is 16.2. The molecule has 1 N–H and O–H groups in total. The smallest absolute Gasteiger partial charge is 0.274 e. The highest BCUT2D eigenvalue weighted by molar-refractivity contribution is 6.04. The van der Waals surface area contributed by atoms with Crippen molar-refractivity contribution in [3.8, 4) is 6.07 Å². The number of rotatable bonds is 4. The number of hydrogen-bond donors (Lipinski definition) is 1. The fraction of sp³-hybridized carbons (Fsp3) is 0.357. The van der Waals surface area contributed by atoms with Gasteiger partial charge in [0.1, 0.15) is 5.69 Å². The molecular formula is C28H29N5O2. The number of nitrogens with one attached hydrogen (secondary N) is 1. The van der Waals surface area contributed by atoms with Gasteiger partial charge in [0.15, 0.2) is 0 Å². The van der Waals surface area contributed by atoms with E-state index in [2.05, 4.69) is 38.1 Å². The molecule has 1 aliphatic carbocycles. The molecule has 1 aromatic carbocycles. The van der Waals surface area contributed by atoms with E-state index in [1.54, 1.807) is 6.07 Å². The fourth-order valence-corrected chi connectivity index (χ4v) is 5.33. The van der Waals surface area contributed by atoms with Crippen LogP contribution in [-0.2, 0) is 11.8 Å². The summed E-state index contributed by atoms with van der Waals surface area (Å²) in [5.74, 6) is 0.477. The van der Waals surface area contributed by atoms with Crippen molar-refractivity contribution in [1.29, 1.82) is 5.26 Å². The largest absolute Gasteiger partial charge is 0.350 e. The number of piperidine rings is 1. The minimum Gasteiger partial charge on any atom is -0.350 e. The molecule has 0 saturated carbocycles. The first kappa shape index (κ1) is 22.9. The van der Waals surface area contributed by atoms with E-state index in [1.807, 2.05) is 31.3 Å². The lowest BCUT2D eigenvalue weighted by Crippen LogP contribution is -2.41. The third kappa shape index (κ3) is 4.69. The monoisotopic (exact) mass is 467 g/mol. The number of aromatic nitrogens is 2. The number of amides is 2. The first-order chi connectivity index (χ1) is 17.0. The zero-order valence-electron chi connectivity index (χ0n) is 19.9. The van der Waals surface area contributed by atoms with Gasteiger partial charge >= 0.3 is 0 Å². The standard InChI is InChI=1S/C28H29N5O2/c1-32-18-24(20-10-13-33(14-11-20)28(35)21-5-3-2-4-6-21)23-16-22(7-8-26(23)32)31-27(34)25-15-19(17-29)9-12-30-25/h2-3,7-9,12,15-16,18,20-21H,4-6,10-11,13-14H2,1H3,(H,31,34)/t21-/m0/s1. The van der Waals surface area contributed by atoms with Crippen molar-refractivity contribution in [2.24, 2.45) is 13.0 Å². The number of carbonyl (C=O) groups is 2. The molecule has 35 heavy (non-hydrogen) atoms. The summed E-state index contributed by atoms with van der Waals surface area (Å²) in [6.07, 6.45) is 12.7. The third-order valence-electron chi connectivity index (χ3n) is 7.26. The molecule has 2 amide bonds. The van der Waals surface area contributed by atoms with Crippen LogP contribution in [0, 0.1) is 17.2 Å². The van der Waals surface area contributed by atoms with Gasteiger partial charge in [-0.2, -0.15) is 5.26 Å². The van der Waals surface area contributed by atoms with Gasteiger partial charge in [0.25, 0.3) is 5.91 Å². The predicted octanol–water partition coefficient (Wildman–Crippen LogP) is 4.76. The van der Waals surface area contributed by atoms with Crippen LogP contribution in [0.4, 0.5) is 5.69 Å². The number of allylic oxidation sites excluding steroid dienone is 2. The molecule has 3 heterocycles. The van der Waals surface area contributed by atoms with Gasteiger partial charge in [-0.25, -0.2) is 0 Å². The molecule has 3 aromatic rings. The van der Waals surface area contributed by atoms with Crippen LogP contribution in [0.25, 0.3) is 10.9 Å². The van der Waals surface area contributed by atoms with Crippen molar-refractivity contribution in [2.75, 3.05) is 18.4 Å². The van der Waals surface area contributed by atoms with E-state index in [-0.39, 0.29) is 17.5 Å². The molecule has 0 bridgehead atoms. The molecule has 0 radical (unpaired) electrons. The number of hydrogen-bond acceptors (Lipinski definition) is 4. The van der Waals surface area contributed by atoms with Crippen molar-refractivity contribution in [3.63, 3.8) is 0 Å². The van der Waals surface area contributed by atoms with Crippen molar-refractivity contribution in [3.05, 3.63) is 71.7 Å². The molecule has 1 atom stereocenters. The van der Waals surface area contributed by atoms with Gasteiger partial charge in [-0.15, -0.1) is 0 Å². The minimum atomic E-state index is -0.344. The molecule has 7 nitrogen and oxygen atoms in total. The van der Waals surface area contributed by atoms with Crippen LogP contribution in [0.1, 0.15) is 59.6 Å². The fourth-order valence-electron chi connectivity index (χ4n) is 5.33. The average Bonchev–Trinajstić information content (AvgIpc) is 3.24. The maximum absolute atomic E-state index is 12.9. The van der Waals surface area contributed by atoms with E-state index < -0.39 is 0 Å². The molecule has 178 valence electrons. The lowest BCUT2D eigenvalue weighted by Gasteiger charge is -2.34. The molecule has 1 fully saturated rings. The first-order valence-corrected chi connectivity index (χ1v) is 12.2. The zero-order chi connectivity index (χ0) is 24.4. The van der Waals surface area contributed by atoms with Crippen LogP contribution in [-0.4, -0.2) is 39.4 Å². The first-order valence-electron chi connectivity index (χ1n) is 12.2. The van der Waals surface area contributed by atoms with Gasteiger partial charge in [0.2, 0.25) is 5.91 Å². The number of likely N-dealkylation sites (tertiary alicyclic amines) is 1. The number of nitriles is 1. The van der Waals surface area contributed by atoms with Crippen molar-refractivity contribution < 1.29 is 9.59 Å². The van der Waals surface area contributed by atoms with E-state index in [4.69, 9.17) is 5.26 Å². The Morgan fingerprint density at radius 1 is 1.11 bits per heavy atom. The Morgan fingerprint density at radius 2 is 1.94 bits per heavy atom. The number of nitrogens with zero attached hydrogens (tertiary/aromatic N) is 4. The highest BCUT2D eigenvalue weighted by Crippen LogP contribution is 2.36. The molecule has 1 saturated heterocycles. The molecule has 0 unspecified atom stereocenters. The van der Waals surface area contributed by atoms with E-state index >= 15 is 0 Å². The molecule has 0 spiro atoms. The summed E-state index contributed by atoms with van der Waals surface area (Å²) in [4.78, 5) is 31.8. The zero-order valence-corrected chi connectivity index (χ0v) is 19.9. The van der Waals surface area contributed by atoms with Crippen molar-refractivity contribution >= 4 is 28.4 Å². The third-order valence-corrected chi connectivity index (χ3v) is 7.26. The lowest BCUT2D eigenvalue weighted by molar-refractivity contribution is -0.136. The minimum absolute atomic E-state index is 0.142. The summed E-state index contributed by atoms with van der Waals surface area (Å²) in [6.45, 7) is 1.58. The summed E-state index contributed by atoms with van der Waals surface area (Å²) in [5, 5.41) is 13.1. The van der Waals surface area contributed by atoms with Crippen molar-refractivity contribution in [1.82, 2.24) is 14.5 Å². The second kappa shape index (κ2) is 9.75. The molecule has 2 aliphatic rings. The average molecular weight is 468 g/mol. The second-order valence-corrected chi connectivity index (χ2v) is 9.50. The summed E-state index contributed by atoms with van der Waals surface area (Å²) in [5.41, 5.74) is 3.67. The summed E-state index contributed by atoms with van der Waals surface area (Å²) < 4.78 is 2.13. The number of anilines is 1. The Hall–Kier alpha value is -3.92. The topological polar surface area (TPSA) is 91.0 Å². The number of carbonyl (C=O) groups excluding carboxylic acids is 2. The predicted molar refractivity (Wildman–Crippen MR) is 135 cm³/mol. The maximum atomic E-state index is 12.9. The van der Waals surface area contributed by atoms with Gasteiger partial charge in [-0.3, -0.25) is 14.6 Å². The van der Waals surface area contributed by atoms with E-state index in [0.717, 1.165) is 56.1 Å². The lowest BCUT2D eigenvalue weighted by atomic mass is 9.87. The Kier molecular flexibility index (Phi) is 6.37. The number of aryl methyl sites for hydroxylation is 1. The van der Waals surface area contributed by atoms with Gasteiger partial charge in [-0.1, -0.05) is 12.2 Å². The second-order valence-electron chi connectivity index (χ2n) is 9.50. The summed E-state index contributed by atoms with van der Waals surface area (Å²) >= 11 is 0.